The zero-order chi connectivity index (χ0) is 13.8. The lowest BCUT2D eigenvalue weighted by Gasteiger charge is -2.26. The lowest BCUT2D eigenvalue weighted by atomic mass is 9.94. The molecule has 2 rings (SSSR count). The maximum Gasteiger partial charge on any atom is 0.270 e. The average molecular weight is 329 g/mol. The highest BCUT2D eigenvalue weighted by Gasteiger charge is 2.19. The van der Waals surface area contributed by atoms with Gasteiger partial charge in [0, 0.05) is 22.6 Å². The van der Waals surface area contributed by atoms with Gasteiger partial charge in [-0.1, -0.05) is 15.9 Å². The van der Waals surface area contributed by atoms with Crippen molar-refractivity contribution in [3.63, 3.8) is 0 Å². The molecular formula is C13H17BrN2O3. The number of nitro groups is 1. The van der Waals surface area contributed by atoms with Crippen LogP contribution in [0.25, 0.3) is 0 Å². The summed E-state index contributed by atoms with van der Waals surface area (Å²) in [5.74, 6) is 0. The second-order valence-corrected chi connectivity index (χ2v) is 5.73. The lowest BCUT2D eigenvalue weighted by Crippen LogP contribution is -2.30. The van der Waals surface area contributed by atoms with E-state index in [-0.39, 0.29) is 11.8 Å². The minimum Gasteiger partial charge on any atom is -0.374 e. The molecule has 0 bridgehead atoms. The zero-order valence-electron chi connectivity index (χ0n) is 10.5. The zero-order valence-corrected chi connectivity index (χ0v) is 12.1. The van der Waals surface area contributed by atoms with E-state index >= 15 is 0 Å². The molecule has 1 aliphatic rings. The number of nitrogens with zero attached hydrogens (tertiary/aromatic N) is 1. The fourth-order valence-corrected chi connectivity index (χ4v) is 2.71. The van der Waals surface area contributed by atoms with Gasteiger partial charge in [0.2, 0.25) is 0 Å². The lowest BCUT2D eigenvalue weighted by molar-refractivity contribution is -0.384. The first kappa shape index (κ1) is 14.4. The Hall–Kier alpha value is -0.980. The van der Waals surface area contributed by atoms with E-state index in [1.807, 2.05) is 0 Å². The summed E-state index contributed by atoms with van der Waals surface area (Å²) in [5, 5.41) is 10.6. The predicted octanol–water partition coefficient (Wildman–Crippen LogP) is 3.14. The number of ether oxygens (including phenoxy) is 1. The maximum atomic E-state index is 10.6. The molecule has 104 valence electrons. The van der Waals surface area contributed by atoms with Crippen molar-refractivity contribution >= 4 is 21.6 Å². The summed E-state index contributed by atoms with van der Waals surface area (Å²) in [6, 6.07) is 5.05. The number of hydrogen-bond acceptors (Lipinski definition) is 4. The number of benzene rings is 1. The third-order valence-electron chi connectivity index (χ3n) is 3.44. The van der Waals surface area contributed by atoms with Crippen LogP contribution in [0.1, 0.15) is 31.2 Å². The van der Waals surface area contributed by atoms with Gasteiger partial charge >= 0.3 is 0 Å². The van der Waals surface area contributed by atoms with Gasteiger partial charge < -0.3 is 10.5 Å². The first-order valence-corrected chi connectivity index (χ1v) is 7.15. The van der Waals surface area contributed by atoms with Gasteiger partial charge in [-0.2, -0.15) is 0 Å². The SMILES string of the molecule is NC1CCC(OCc2ccc([N+](=O)[O-])cc2Br)CC1. The van der Waals surface area contributed by atoms with E-state index in [2.05, 4.69) is 15.9 Å². The topological polar surface area (TPSA) is 78.4 Å². The Morgan fingerprint density at radius 1 is 1.37 bits per heavy atom. The van der Waals surface area contributed by atoms with Crippen LogP contribution in [0.15, 0.2) is 22.7 Å². The summed E-state index contributed by atoms with van der Waals surface area (Å²) in [7, 11) is 0. The number of non-ortho nitro benzene ring substituents is 1. The molecule has 0 aromatic heterocycles. The van der Waals surface area contributed by atoms with E-state index in [0.29, 0.717) is 17.1 Å². The first-order valence-electron chi connectivity index (χ1n) is 6.36. The van der Waals surface area contributed by atoms with Gasteiger partial charge in [0.25, 0.3) is 5.69 Å². The second kappa shape index (κ2) is 6.45. The van der Waals surface area contributed by atoms with Gasteiger partial charge in [0.15, 0.2) is 0 Å². The second-order valence-electron chi connectivity index (χ2n) is 4.88. The molecule has 0 atom stereocenters. The molecule has 0 saturated heterocycles. The highest BCUT2D eigenvalue weighted by molar-refractivity contribution is 9.10. The van der Waals surface area contributed by atoms with E-state index in [1.54, 1.807) is 6.07 Å². The smallest absolute Gasteiger partial charge is 0.270 e. The van der Waals surface area contributed by atoms with Crippen molar-refractivity contribution in [2.75, 3.05) is 0 Å². The Labute approximate surface area is 120 Å². The van der Waals surface area contributed by atoms with Crippen molar-refractivity contribution in [1.29, 1.82) is 0 Å². The van der Waals surface area contributed by atoms with Crippen molar-refractivity contribution in [2.24, 2.45) is 5.73 Å². The Morgan fingerprint density at radius 3 is 2.63 bits per heavy atom. The fourth-order valence-electron chi connectivity index (χ4n) is 2.23. The van der Waals surface area contributed by atoms with Crippen LogP contribution < -0.4 is 5.73 Å². The molecular weight excluding hydrogens is 312 g/mol. The first-order chi connectivity index (χ1) is 9.06. The molecule has 1 fully saturated rings. The minimum atomic E-state index is -0.405. The standard InChI is InChI=1S/C13H17BrN2O3/c14-13-7-11(16(17)18)4-1-9(13)8-19-12-5-2-10(15)3-6-12/h1,4,7,10,12H,2-3,5-6,8,15H2. The Morgan fingerprint density at radius 2 is 2.05 bits per heavy atom. The van der Waals surface area contributed by atoms with Crippen LogP contribution in [-0.4, -0.2) is 17.1 Å². The minimum absolute atomic E-state index is 0.0827. The van der Waals surface area contributed by atoms with E-state index in [0.717, 1.165) is 31.2 Å². The van der Waals surface area contributed by atoms with Crippen molar-refractivity contribution in [3.05, 3.63) is 38.3 Å². The molecule has 0 radical (unpaired) electrons. The van der Waals surface area contributed by atoms with Gasteiger partial charge in [0.05, 0.1) is 17.6 Å². The van der Waals surface area contributed by atoms with Crippen LogP contribution in [0, 0.1) is 10.1 Å². The van der Waals surface area contributed by atoms with Crippen molar-refractivity contribution in [1.82, 2.24) is 0 Å². The number of hydrogen-bond donors (Lipinski definition) is 1. The molecule has 0 spiro atoms. The summed E-state index contributed by atoms with van der Waals surface area (Å²) in [4.78, 5) is 10.2. The van der Waals surface area contributed by atoms with Crippen LogP contribution in [0.4, 0.5) is 5.69 Å². The molecule has 1 aromatic carbocycles. The van der Waals surface area contributed by atoms with E-state index < -0.39 is 4.92 Å². The highest BCUT2D eigenvalue weighted by atomic mass is 79.9. The van der Waals surface area contributed by atoms with Crippen LogP contribution >= 0.6 is 15.9 Å². The molecule has 0 amide bonds. The molecule has 0 aliphatic heterocycles. The van der Waals surface area contributed by atoms with E-state index in [1.165, 1.54) is 12.1 Å². The largest absolute Gasteiger partial charge is 0.374 e. The van der Waals surface area contributed by atoms with Gasteiger partial charge in [-0.25, -0.2) is 0 Å². The average Bonchev–Trinajstić information content (AvgIpc) is 2.39. The van der Waals surface area contributed by atoms with Crippen molar-refractivity contribution in [2.45, 2.75) is 44.4 Å². The molecule has 1 saturated carbocycles. The normalized spacial score (nSPS) is 23.3. The molecule has 1 aliphatic carbocycles. The molecule has 19 heavy (non-hydrogen) atoms. The fraction of sp³-hybridized carbons (Fsp3) is 0.538. The predicted molar refractivity (Wildman–Crippen MR) is 75.8 cm³/mol. The van der Waals surface area contributed by atoms with Crippen molar-refractivity contribution < 1.29 is 9.66 Å². The molecule has 1 aromatic rings. The van der Waals surface area contributed by atoms with Crippen molar-refractivity contribution in [3.8, 4) is 0 Å². The molecule has 5 nitrogen and oxygen atoms in total. The molecule has 6 heteroatoms. The van der Waals surface area contributed by atoms with E-state index in [4.69, 9.17) is 10.5 Å². The summed E-state index contributed by atoms with van der Waals surface area (Å²) in [6.45, 7) is 0.471. The third kappa shape index (κ3) is 3.99. The Balaban J connectivity index is 1.91. The third-order valence-corrected chi connectivity index (χ3v) is 4.18. The van der Waals surface area contributed by atoms with Gasteiger partial charge in [0.1, 0.15) is 0 Å². The van der Waals surface area contributed by atoms with Crippen LogP contribution in [0.2, 0.25) is 0 Å². The molecule has 0 heterocycles. The van der Waals surface area contributed by atoms with Gasteiger partial charge in [-0.05, 0) is 37.3 Å². The Bertz CT molecular complexity index is 459. The summed E-state index contributed by atoms with van der Waals surface area (Å²) in [6.07, 6.45) is 4.25. The van der Waals surface area contributed by atoms with Gasteiger partial charge in [-0.3, -0.25) is 10.1 Å². The van der Waals surface area contributed by atoms with Crippen LogP contribution in [0.3, 0.4) is 0 Å². The number of nitrogens with two attached hydrogens (primary N) is 1. The quantitative estimate of drug-likeness (QED) is 0.680. The molecule has 0 unspecified atom stereocenters. The highest BCUT2D eigenvalue weighted by Crippen LogP contribution is 2.26. The van der Waals surface area contributed by atoms with Crippen LogP contribution in [0.5, 0.6) is 0 Å². The summed E-state index contributed by atoms with van der Waals surface area (Å²) < 4.78 is 6.56. The summed E-state index contributed by atoms with van der Waals surface area (Å²) in [5.41, 5.74) is 6.86. The Kier molecular flexibility index (Phi) is 4.90. The van der Waals surface area contributed by atoms with Crippen LogP contribution in [-0.2, 0) is 11.3 Å². The number of nitro benzene ring substituents is 1. The maximum absolute atomic E-state index is 10.6. The van der Waals surface area contributed by atoms with E-state index in [9.17, 15) is 10.1 Å². The number of rotatable bonds is 4. The number of halogens is 1. The summed E-state index contributed by atoms with van der Waals surface area (Å²) >= 11 is 3.35. The molecule has 2 N–H and O–H groups in total. The van der Waals surface area contributed by atoms with Gasteiger partial charge in [-0.15, -0.1) is 0 Å². The monoisotopic (exact) mass is 328 g/mol.